The smallest absolute Gasteiger partial charge is 0.330 e. The first-order valence-electron chi connectivity index (χ1n) is 6.62. The molecule has 1 aliphatic carbocycles. The highest BCUT2D eigenvalue weighted by molar-refractivity contribution is 6.01. The van der Waals surface area contributed by atoms with E-state index in [9.17, 15) is 14.4 Å². The van der Waals surface area contributed by atoms with Crippen molar-refractivity contribution < 1.29 is 28.6 Å². The van der Waals surface area contributed by atoms with Crippen molar-refractivity contribution in [3.8, 4) is 0 Å². The van der Waals surface area contributed by atoms with E-state index < -0.39 is 23.3 Å². The summed E-state index contributed by atoms with van der Waals surface area (Å²) in [6, 6.07) is 0. The molecule has 6 nitrogen and oxygen atoms in total. The quantitative estimate of drug-likeness (QED) is 0.328. The van der Waals surface area contributed by atoms with E-state index in [4.69, 9.17) is 9.47 Å². The van der Waals surface area contributed by atoms with Crippen LogP contribution < -0.4 is 0 Å². The Morgan fingerprint density at radius 2 is 1.70 bits per heavy atom. The summed E-state index contributed by atoms with van der Waals surface area (Å²) in [5.74, 6) is -1.68. The van der Waals surface area contributed by atoms with Gasteiger partial charge >= 0.3 is 17.9 Å². The number of hydrogen-bond donors (Lipinski definition) is 0. The van der Waals surface area contributed by atoms with Crippen LogP contribution in [-0.4, -0.2) is 38.2 Å². The van der Waals surface area contributed by atoms with Crippen LogP contribution >= 0.6 is 0 Å². The van der Waals surface area contributed by atoms with Crippen LogP contribution in [-0.2, 0) is 28.6 Å². The zero-order chi connectivity index (χ0) is 15.2. The molecule has 20 heavy (non-hydrogen) atoms. The van der Waals surface area contributed by atoms with Crippen molar-refractivity contribution in [1.82, 2.24) is 0 Å². The van der Waals surface area contributed by atoms with Crippen molar-refractivity contribution in [3.05, 3.63) is 11.6 Å². The number of carbonyl (C=O) groups excluding carboxylic acids is 3. The van der Waals surface area contributed by atoms with Crippen LogP contribution in [0.3, 0.4) is 0 Å². The first kappa shape index (κ1) is 16.2. The molecule has 0 N–H and O–H groups in total. The Hall–Kier alpha value is -1.85. The third kappa shape index (κ3) is 3.37. The van der Waals surface area contributed by atoms with E-state index in [0.29, 0.717) is 12.0 Å². The third-order valence-electron chi connectivity index (χ3n) is 3.26. The lowest BCUT2D eigenvalue weighted by molar-refractivity contribution is -0.171. The van der Waals surface area contributed by atoms with Gasteiger partial charge in [-0.3, -0.25) is 9.59 Å². The molecule has 0 aromatic heterocycles. The molecule has 0 unspecified atom stereocenters. The monoisotopic (exact) mass is 284 g/mol. The van der Waals surface area contributed by atoms with E-state index in [1.807, 2.05) is 0 Å². The lowest BCUT2D eigenvalue weighted by Gasteiger charge is -2.23. The molecule has 0 aromatic rings. The molecule has 1 fully saturated rings. The average molecular weight is 284 g/mol. The summed E-state index contributed by atoms with van der Waals surface area (Å²) in [6.07, 6.45) is 2.21. The Balaban J connectivity index is 2.98. The first-order chi connectivity index (χ1) is 9.50. The summed E-state index contributed by atoms with van der Waals surface area (Å²) in [4.78, 5) is 35.5. The third-order valence-corrected chi connectivity index (χ3v) is 3.26. The van der Waals surface area contributed by atoms with Gasteiger partial charge in [0, 0.05) is 6.08 Å². The Labute approximate surface area is 118 Å². The maximum atomic E-state index is 12.1. The molecule has 0 atom stereocenters. The fourth-order valence-corrected chi connectivity index (χ4v) is 2.26. The van der Waals surface area contributed by atoms with Gasteiger partial charge in [-0.15, -0.1) is 0 Å². The van der Waals surface area contributed by atoms with Crippen LogP contribution in [0.15, 0.2) is 11.6 Å². The van der Waals surface area contributed by atoms with E-state index in [1.165, 1.54) is 13.2 Å². The van der Waals surface area contributed by atoms with E-state index >= 15 is 0 Å². The fraction of sp³-hybridized carbons (Fsp3) is 0.643. The fourth-order valence-electron chi connectivity index (χ4n) is 2.26. The number of carbonyl (C=O) groups is 3. The number of rotatable bonds is 5. The molecule has 0 aromatic carbocycles. The number of methoxy groups -OCH3 is 1. The van der Waals surface area contributed by atoms with Gasteiger partial charge in [-0.05, 0) is 33.1 Å². The molecule has 112 valence electrons. The van der Waals surface area contributed by atoms with Gasteiger partial charge < -0.3 is 14.2 Å². The standard InChI is InChI=1S/C14H20O6/c1-4-19-12(16)14(13(17)20-5-2)7-6-10(9-14)8-11(15)18-3/h8H,4-7,9H2,1-3H3/b10-8-. The molecule has 1 aliphatic rings. The van der Waals surface area contributed by atoms with Crippen LogP contribution in [0.4, 0.5) is 0 Å². The van der Waals surface area contributed by atoms with Crippen LogP contribution in [0.5, 0.6) is 0 Å². The molecule has 0 spiro atoms. The summed E-state index contributed by atoms with van der Waals surface area (Å²) in [5, 5.41) is 0. The lowest BCUT2D eigenvalue weighted by Crippen LogP contribution is -2.39. The summed E-state index contributed by atoms with van der Waals surface area (Å²) >= 11 is 0. The van der Waals surface area contributed by atoms with Crippen molar-refractivity contribution in [1.29, 1.82) is 0 Å². The molecule has 0 heterocycles. The largest absolute Gasteiger partial charge is 0.466 e. The molecule has 6 heteroatoms. The molecule has 0 saturated heterocycles. The highest BCUT2D eigenvalue weighted by atomic mass is 16.6. The summed E-state index contributed by atoms with van der Waals surface area (Å²) in [5.41, 5.74) is -0.635. The van der Waals surface area contributed by atoms with Crippen molar-refractivity contribution in [2.24, 2.45) is 5.41 Å². The van der Waals surface area contributed by atoms with Crippen LogP contribution in [0, 0.1) is 5.41 Å². The minimum atomic E-state index is -1.33. The number of hydrogen-bond acceptors (Lipinski definition) is 6. The zero-order valence-electron chi connectivity index (χ0n) is 12.1. The lowest BCUT2D eigenvalue weighted by atomic mass is 9.86. The summed E-state index contributed by atoms with van der Waals surface area (Å²) < 4.78 is 14.5. The average Bonchev–Trinajstić information content (AvgIpc) is 2.84. The van der Waals surface area contributed by atoms with Gasteiger partial charge in [-0.1, -0.05) is 5.57 Å². The highest BCUT2D eigenvalue weighted by Gasteiger charge is 2.52. The predicted octanol–water partition coefficient (Wildman–Crippen LogP) is 1.38. The van der Waals surface area contributed by atoms with E-state index in [2.05, 4.69) is 4.74 Å². The second-order valence-corrected chi connectivity index (χ2v) is 4.53. The van der Waals surface area contributed by atoms with Crippen molar-refractivity contribution >= 4 is 17.9 Å². The second-order valence-electron chi connectivity index (χ2n) is 4.53. The molecule has 0 bridgehead atoms. The van der Waals surface area contributed by atoms with Gasteiger partial charge in [0.15, 0.2) is 5.41 Å². The number of allylic oxidation sites excluding steroid dienone is 1. The highest BCUT2D eigenvalue weighted by Crippen LogP contribution is 2.43. The topological polar surface area (TPSA) is 78.9 Å². The Morgan fingerprint density at radius 3 is 2.15 bits per heavy atom. The number of ether oxygens (including phenoxy) is 3. The molecule has 0 radical (unpaired) electrons. The van der Waals surface area contributed by atoms with E-state index in [1.54, 1.807) is 13.8 Å². The summed E-state index contributed by atoms with van der Waals surface area (Å²) in [7, 11) is 1.28. The maximum Gasteiger partial charge on any atom is 0.330 e. The molecule has 0 amide bonds. The zero-order valence-corrected chi connectivity index (χ0v) is 12.1. The van der Waals surface area contributed by atoms with Gasteiger partial charge in [-0.25, -0.2) is 4.79 Å². The minimum absolute atomic E-state index is 0.139. The molecular formula is C14H20O6. The molecule has 0 aliphatic heterocycles. The molecular weight excluding hydrogens is 264 g/mol. The minimum Gasteiger partial charge on any atom is -0.466 e. The second kappa shape index (κ2) is 7.07. The maximum absolute atomic E-state index is 12.1. The molecule has 1 saturated carbocycles. The Kier molecular flexibility index (Phi) is 5.73. The van der Waals surface area contributed by atoms with Crippen LogP contribution in [0.25, 0.3) is 0 Å². The SMILES string of the molecule is CCOC(=O)C1(C(=O)OCC)CC/C(=C/C(=O)OC)C1. The van der Waals surface area contributed by atoms with Crippen LogP contribution in [0.1, 0.15) is 33.1 Å². The summed E-state index contributed by atoms with van der Waals surface area (Å²) in [6.45, 7) is 3.74. The van der Waals surface area contributed by atoms with Gasteiger partial charge in [0.25, 0.3) is 0 Å². The normalized spacial score (nSPS) is 18.6. The number of esters is 3. The van der Waals surface area contributed by atoms with E-state index in [0.717, 1.165) is 0 Å². The van der Waals surface area contributed by atoms with Crippen molar-refractivity contribution in [2.45, 2.75) is 33.1 Å². The first-order valence-corrected chi connectivity index (χ1v) is 6.62. The van der Waals surface area contributed by atoms with Crippen LogP contribution in [0.2, 0.25) is 0 Å². The van der Waals surface area contributed by atoms with Gasteiger partial charge in [0.2, 0.25) is 0 Å². The van der Waals surface area contributed by atoms with Gasteiger partial charge in [0.1, 0.15) is 0 Å². The van der Waals surface area contributed by atoms with Crippen molar-refractivity contribution in [3.63, 3.8) is 0 Å². The Morgan fingerprint density at radius 1 is 1.15 bits per heavy atom. The van der Waals surface area contributed by atoms with Gasteiger partial charge in [-0.2, -0.15) is 0 Å². The van der Waals surface area contributed by atoms with Gasteiger partial charge in [0.05, 0.1) is 20.3 Å². The molecule has 1 rings (SSSR count). The van der Waals surface area contributed by atoms with E-state index in [-0.39, 0.29) is 26.1 Å². The Bertz CT molecular complexity index is 405. The predicted molar refractivity (Wildman–Crippen MR) is 69.6 cm³/mol. The van der Waals surface area contributed by atoms with Crippen molar-refractivity contribution in [2.75, 3.05) is 20.3 Å².